The first kappa shape index (κ1) is 12.2. The Kier molecular flexibility index (Phi) is 2.74. The standard InChI is InChI=1S/C15H8Cl2N2S/c16-10-6-11(17)15-18-12(8-19(15)7-10)14-5-9-3-1-2-4-13(9)20-14/h1-8H. The van der Waals surface area contributed by atoms with Crippen LogP contribution in [0.2, 0.25) is 10.0 Å². The molecule has 0 aliphatic heterocycles. The first-order valence-electron chi connectivity index (χ1n) is 6.03. The van der Waals surface area contributed by atoms with Crippen LogP contribution in [0.1, 0.15) is 0 Å². The molecule has 0 aliphatic carbocycles. The van der Waals surface area contributed by atoms with Gasteiger partial charge < -0.3 is 4.40 Å². The summed E-state index contributed by atoms with van der Waals surface area (Å²) in [6.45, 7) is 0. The van der Waals surface area contributed by atoms with Gasteiger partial charge in [-0.15, -0.1) is 11.3 Å². The highest BCUT2D eigenvalue weighted by molar-refractivity contribution is 7.22. The number of benzene rings is 1. The summed E-state index contributed by atoms with van der Waals surface area (Å²) in [6, 6.07) is 12.2. The van der Waals surface area contributed by atoms with Gasteiger partial charge in [-0.2, -0.15) is 0 Å². The summed E-state index contributed by atoms with van der Waals surface area (Å²) in [5.41, 5.74) is 1.64. The van der Waals surface area contributed by atoms with Crippen LogP contribution in [-0.2, 0) is 0 Å². The molecular weight excluding hydrogens is 311 g/mol. The Morgan fingerprint density at radius 3 is 2.75 bits per heavy atom. The van der Waals surface area contributed by atoms with Gasteiger partial charge in [0.2, 0.25) is 0 Å². The molecule has 0 aliphatic rings. The maximum Gasteiger partial charge on any atom is 0.156 e. The second-order valence-corrected chi connectivity index (χ2v) is 6.44. The molecule has 3 heterocycles. The number of pyridine rings is 1. The Bertz CT molecular complexity index is 907. The molecule has 1 aromatic carbocycles. The summed E-state index contributed by atoms with van der Waals surface area (Å²) >= 11 is 13.9. The number of hydrogen-bond donors (Lipinski definition) is 0. The van der Waals surface area contributed by atoms with E-state index in [1.54, 1.807) is 17.4 Å². The summed E-state index contributed by atoms with van der Waals surface area (Å²) in [7, 11) is 0. The molecule has 0 fully saturated rings. The van der Waals surface area contributed by atoms with Crippen LogP contribution < -0.4 is 0 Å². The predicted octanol–water partition coefficient (Wildman–Crippen LogP) is 5.52. The molecule has 20 heavy (non-hydrogen) atoms. The molecule has 0 amide bonds. The van der Waals surface area contributed by atoms with Gasteiger partial charge in [0.1, 0.15) is 0 Å². The van der Waals surface area contributed by atoms with E-state index in [4.69, 9.17) is 23.2 Å². The van der Waals surface area contributed by atoms with Crippen LogP contribution in [0.3, 0.4) is 0 Å². The van der Waals surface area contributed by atoms with Gasteiger partial charge in [0.25, 0.3) is 0 Å². The molecule has 0 bridgehead atoms. The average Bonchev–Trinajstić information content (AvgIpc) is 3.01. The van der Waals surface area contributed by atoms with Gasteiger partial charge >= 0.3 is 0 Å². The number of aromatic nitrogens is 2. The van der Waals surface area contributed by atoms with E-state index < -0.39 is 0 Å². The molecular formula is C15H8Cl2N2S. The highest BCUT2D eigenvalue weighted by atomic mass is 35.5. The van der Waals surface area contributed by atoms with E-state index in [-0.39, 0.29) is 0 Å². The van der Waals surface area contributed by atoms with Crippen LogP contribution in [0.5, 0.6) is 0 Å². The number of nitrogens with zero attached hydrogens (tertiary/aromatic N) is 2. The number of thiophene rings is 1. The Morgan fingerprint density at radius 1 is 1.05 bits per heavy atom. The van der Waals surface area contributed by atoms with E-state index in [1.807, 2.05) is 28.9 Å². The van der Waals surface area contributed by atoms with Crippen molar-refractivity contribution < 1.29 is 0 Å². The van der Waals surface area contributed by atoms with Gasteiger partial charge in [-0.3, -0.25) is 0 Å². The van der Waals surface area contributed by atoms with Gasteiger partial charge in [0.05, 0.1) is 20.6 Å². The highest BCUT2D eigenvalue weighted by Gasteiger charge is 2.10. The zero-order valence-corrected chi connectivity index (χ0v) is 12.5. The Balaban J connectivity index is 1.95. The predicted molar refractivity (Wildman–Crippen MR) is 86.0 cm³/mol. The summed E-state index contributed by atoms with van der Waals surface area (Å²) < 4.78 is 3.12. The molecule has 0 N–H and O–H groups in total. The third-order valence-corrected chi connectivity index (χ3v) is 4.77. The van der Waals surface area contributed by atoms with Crippen LogP contribution >= 0.6 is 34.5 Å². The maximum atomic E-state index is 6.18. The average molecular weight is 319 g/mol. The normalized spacial score (nSPS) is 11.5. The van der Waals surface area contributed by atoms with Crippen LogP contribution in [-0.4, -0.2) is 9.38 Å². The molecule has 98 valence electrons. The SMILES string of the molecule is Clc1cc(Cl)c2nc(-c3cc4ccccc4s3)cn2c1. The van der Waals surface area contributed by atoms with Crippen molar-refractivity contribution in [2.75, 3.05) is 0 Å². The van der Waals surface area contributed by atoms with Crippen LogP contribution in [0.15, 0.2) is 48.8 Å². The highest BCUT2D eigenvalue weighted by Crippen LogP contribution is 2.34. The third kappa shape index (κ3) is 1.90. The van der Waals surface area contributed by atoms with E-state index in [0.29, 0.717) is 10.0 Å². The van der Waals surface area contributed by atoms with Crippen molar-refractivity contribution in [1.82, 2.24) is 9.38 Å². The second kappa shape index (κ2) is 4.48. The van der Waals surface area contributed by atoms with Gasteiger partial charge in [0.15, 0.2) is 5.65 Å². The molecule has 5 heteroatoms. The van der Waals surface area contributed by atoms with Gasteiger partial charge in [-0.1, -0.05) is 41.4 Å². The van der Waals surface area contributed by atoms with E-state index in [1.165, 1.54) is 10.1 Å². The van der Waals surface area contributed by atoms with Crippen molar-refractivity contribution in [3.05, 3.63) is 58.8 Å². The molecule has 0 unspecified atom stereocenters. The van der Waals surface area contributed by atoms with Crippen molar-refractivity contribution in [3.8, 4) is 10.6 Å². The molecule has 0 saturated heterocycles. The van der Waals surface area contributed by atoms with Gasteiger partial charge in [0, 0.05) is 17.1 Å². The monoisotopic (exact) mass is 318 g/mol. The van der Waals surface area contributed by atoms with E-state index in [2.05, 4.69) is 23.2 Å². The fraction of sp³-hybridized carbons (Fsp3) is 0. The fourth-order valence-electron chi connectivity index (χ4n) is 2.25. The van der Waals surface area contributed by atoms with Crippen molar-refractivity contribution >= 4 is 50.3 Å². The third-order valence-electron chi connectivity index (χ3n) is 3.15. The van der Waals surface area contributed by atoms with E-state index in [0.717, 1.165) is 16.2 Å². The van der Waals surface area contributed by atoms with Crippen molar-refractivity contribution in [3.63, 3.8) is 0 Å². The molecule has 4 aromatic rings. The minimum Gasteiger partial charge on any atom is -0.304 e. The first-order chi connectivity index (χ1) is 9.70. The lowest BCUT2D eigenvalue weighted by Gasteiger charge is -1.95. The van der Waals surface area contributed by atoms with Crippen molar-refractivity contribution in [2.24, 2.45) is 0 Å². The number of rotatable bonds is 1. The van der Waals surface area contributed by atoms with E-state index in [9.17, 15) is 0 Å². The molecule has 3 aromatic heterocycles. The molecule has 0 radical (unpaired) electrons. The number of hydrogen-bond acceptors (Lipinski definition) is 2. The number of imidazole rings is 1. The summed E-state index contributed by atoms with van der Waals surface area (Å²) in [6.07, 6.45) is 3.77. The zero-order chi connectivity index (χ0) is 13.7. The fourth-order valence-corrected chi connectivity index (χ4v) is 3.80. The lowest BCUT2D eigenvalue weighted by Crippen LogP contribution is -1.82. The maximum absolute atomic E-state index is 6.18. The zero-order valence-electron chi connectivity index (χ0n) is 10.2. The Labute approximate surface area is 129 Å². The van der Waals surface area contributed by atoms with Crippen molar-refractivity contribution in [2.45, 2.75) is 0 Å². The second-order valence-electron chi connectivity index (χ2n) is 4.51. The lowest BCUT2D eigenvalue weighted by atomic mass is 10.2. The molecule has 0 atom stereocenters. The minimum atomic E-state index is 0.560. The molecule has 0 saturated carbocycles. The van der Waals surface area contributed by atoms with Crippen LogP contribution in [0, 0.1) is 0 Å². The molecule has 4 rings (SSSR count). The summed E-state index contributed by atoms with van der Waals surface area (Å²) in [5.74, 6) is 0. The summed E-state index contributed by atoms with van der Waals surface area (Å²) in [5, 5.41) is 2.39. The topological polar surface area (TPSA) is 17.3 Å². The number of halogens is 2. The lowest BCUT2D eigenvalue weighted by molar-refractivity contribution is 1.19. The summed E-state index contributed by atoms with van der Waals surface area (Å²) in [4.78, 5) is 5.73. The van der Waals surface area contributed by atoms with E-state index >= 15 is 0 Å². The minimum absolute atomic E-state index is 0.560. The van der Waals surface area contributed by atoms with Crippen LogP contribution in [0.4, 0.5) is 0 Å². The van der Waals surface area contributed by atoms with Gasteiger partial charge in [-0.25, -0.2) is 4.98 Å². The number of fused-ring (bicyclic) bond motifs is 2. The molecule has 0 spiro atoms. The first-order valence-corrected chi connectivity index (χ1v) is 7.61. The largest absolute Gasteiger partial charge is 0.304 e. The van der Waals surface area contributed by atoms with Crippen LogP contribution in [0.25, 0.3) is 26.3 Å². The molecule has 2 nitrogen and oxygen atoms in total. The quantitative estimate of drug-likeness (QED) is 0.451. The van der Waals surface area contributed by atoms with Gasteiger partial charge in [-0.05, 0) is 23.6 Å². The Hall–Kier alpha value is -1.55. The van der Waals surface area contributed by atoms with Crippen molar-refractivity contribution in [1.29, 1.82) is 0 Å². The smallest absolute Gasteiger partial charge is 0.156 e. The Morgan fingerprint density at radius 2 is 1.90 bits per heavy atom.